The van der Waals surface area contributed by atoms with Crippen molar-refractivity contribution in [1.29, 1.82) is 0 Å². The van der Waals surface area contributed by atoms with Crippen molar-refractivity contribution < 1.29 is 14.6 Å². The van der Waals surface area contributed by atoms with E-state index in [0.29, 0.717) is 26.2 Å². The van der Waals surface area contributed by atoms with Crippen molar-refractivity contribution in [1.82, 2.24) is 4.90 Å². The Bertz CT molecular complexity index is 669. The molecule has 5 nitrogen and oxygen atoms in total. The lowest BCUT2D eigenvalue weighted by Crippen LogP contribution is -2.49. The highest BCUT2D eigenvalue weighted by atomic mass is 35.5. The summed E-state index contributed by atoms with van der Waals surface area (Å²) in [6.07, 6.45) is 0.160. The van der Waals surface area contributed by atoms with Gasteiger partial charge in [0, 0.05) is 30.3 Å². The van der Waals surface area contributed by atoms with Gasteiger partial charge in [-0.05, 0) is 17.0 Å². The number of ether oxygens (including phenoxy) is 1. The number of carbonyl (C=O) groups excluding carboxylic acids is 1. The molecule has 1 aliphatic heterocycles. The van der Waals surface area contributed by atoms with E-state index in [0.717, 1.165) is 10.4 Å². The average Bonchev–Trinajstić information content (AvgIpc) is 3.17. The molecule has 3 N–H and O–H groups in total. The highest BCUT2D eigenvalue weighted by Gasteiger charge is 2.30. The zero-order valence-electron chi connectivity index (χ0n) is 14.5. The van der Waals surface area contributed by atoms with E-state index in [2.05, 4.69) is 0 Å². The minimum atomic E-state index is -0.579. The van der Waals surface area contributed by atoms with Crippen molar-refractivity contribution in [3.8, 4) is 0 Å². The summed E-state index contributed by atoms with van der Waals surface area (Å²) >= 11 is 1.52. The third-order valence-corrected chi connectivity index (χ3v) is 5.51. The smallest absolute Gasteiger partial charge is 0.224 e. The molecule has 1 aromatic heterocycles. The number of nitrogens with two attached hydrogens (primary N) is 1. The van der Waals surface area contributed by atoms with Crippen molar-refractivity contribution in [2.24, 2.45) is 5.73 Å². The molecule has 1 aliphatic rings. The molecule has 142 valence electrons. The quantitative estimate of drug-likeness (QED) is 0.787. The van der Waals surface area contributed by atoms with Gasteiger partial charge in [0.05, 0.1) is 25.4 Å². The highest BCUT2D eigenvalue weighted by molar-refractivity contribution is 7.10. The molecule has 1 fully saturated rings. The van der Waals surface area contributed by atoms with Crippen LogP contribution >= 0.6 is 23.7 Å². The summed E-state index contributed by atoms with van der Waals surface area (Å²) in [6, 6.07) is 13.1. The molecule has 1 saturated heterocycles. The maximum Gasteiger partial charge on any atom is 0.224 e. The van der Waals surface area contributed by atoms with Crippen LogP contribution in [0.4, 0.5) is 0 Å². The summed E-state index contributed by atoms with van der Waals surface area (Å²) in [5, 5.41) is 12.4. The van der Waals surface area contributed by atoms with Crippen molar-refractivity contribution in [2.75, 3.05) is 19.8 Å². The second-order valence-corrected chi connectivity index (χ2v) is 7.28. The topological polar surface area (TPSA) is 75.8 Å². The fourth-order valence-electron chi connectivity index (χ4n) is 3.16. The summed E-state index contributed by atoms with van der Waals surface area (Å²) in [4.78, 5) is 15.5. The minimum absolute atomic E-state index is 0. The third-order valence-electron chi connectivity index (χ3n) is 4.54. The number of carbonyl (C=O) groups is 1. The number of nitrogens with zero attached hydrogens (tertiary/aromatic N) is 1. The molecule has 3 atom stereocenters. The molecule has 2 aromatic rings. The van der Waals surface area contributed by atoms with Crippen molar-refractivity contribution in [3.05, 3.63) is 58.3 Å². The van der Waals surface area contributed by atoms with Crippen molar-refractivity contribution >= 4 is 29.7 Å². The van der Waals surface area contributed by atoms with E-state index in [1.165, 1.54) is 11.3 Å². The van der Waals surface area contributed by atoms with Gasteiger partial charge >= 0.3 is 0 Å². The summed E-state index contributed by atoms with van der Waals surface area (Å²) < 4.78 is 5.54. The molecule has 2 heterocycles. The lowest BCUT2D eigenvalue weighted by atomic mass is 10.0. The monoisotopic (exact) mass is 396 g/mol. The molecule has 26 heavy (non-hydrogen) atoms. The predicted molar refractivity (Wildman–Crippen MR) is 105 cm³/mol. The molecule has 3 unspecified atom stereocenters. The fourth-order valence-corrected chi connectivity index (χ4v) is 3.88. The van der Waals surface area contributed by atoms with Crippen LogP contribution in [0.25, 0.3) is 0 Å². The molecular formula is C19H25ClN2O3S. The summed E-state index contributed by atoms with van der Waals surface area (Å²) in [6.45, 7) is 1.52. The van der Waals surface area contributed by atoms with Gasteiger partial charge in [0.15, 0.2) is 0 Å². The van der Waals surface area contributed by atoms with Gasteiger partial charge in [0.25, 0.3) is 0 Å². The number of halogens is 1. The molecule has 3 rings (SSSR count). The molecular weight excluding hydrogens is 372 g/mol. The second kappa shape index (κ2) is 10.0. The van der Waals surface area contributed by atoms with Gasteiger partial charge in [-0.2, -0.15) is 0 Å². The Labute approximate surface area is 164 Å². The summed E-state index contributed by atoms with van der Waals surface area (Å²) in [7, 11) is 0. The number of aliphatic hydroxyl groups is 1. The Morgan fingerprint density at radius 3 is 2.77 bits per heavy atom. The third kappa shape index (κ3) is 5.28. The van der Waals surface area contributed by atoms with E-state index >= 15 is 0 Å². The predicted octanol–water partition coefficient (Wildman–Crippen LogP) is 2.91. The normalized spacial score (nSPS) is 19.5. The van der Waals surface area contributed by atoms with Crippen LogP contribution in [0.2, 0.25) is 0 Å². The van der Waals surface area contributed by atoms with E-state index in [1.54, 1.807) is 0 Å². The van der Waals surface area contributed by atoms with Crippen LogP contribution in [0, 0.1) is 0 Å². The number of aliphatic hydroxyl groups excluding tert-OH is 1. The number of hydrogen-bond acceptors (Lipinski definition) is 5. The van der Waals surface area contributed by atoms with Gasteiger partial charge in [-0.1, -0.05) is 36.4 Å². The largest absolute Gasteiger partial charge is 0.387 e. The van der Waals surface area contributed by atoms with E-state index in [-0.39, 0.29) is 36.8 Å². The Morgan fingerprint density at radius 1 is 1.31 bits per heavy atom. The number of hydrogen-bond donors (Lipinski definition) is 2. The first-order chi connectivity index (χ1) is 12.1. The van der Waals surface area contributed by atoms with Gasteiger partial charge in [-0.25, -0.2) is 0 Å². The Hall–Kier alpha value is -1.44. The highest BCUT2D eigenvalue weighted by Crippen LogP contribution is 2.27. The number of amides is 1. The van der Waals surface area contributed by atoms with Crippen LogP contribution in [0.1, 0.15) is 35.4 Å². The van der Waals surface area contributed by atoms with Gasteiger partial charge < -0.3 is 20.5 Å². The summed E-state index contributed by atoms with van der Waals surface area (Å²) in [5.41, 5.74) is 7.16. The van der Waals surface area contributed by atoms with Gasteiger partial charge in [-0.15, -0.1) is 23.7 Å². The number of rotatable bonds is 6. The van der Waals surface area contributed by atoms with E-state index < -0.39 is 6.10 Å². The number of benzene rings is 1. The van der Waals surface area contributed by atoms with Crippen LogP contribution < -0.4 is 5.73 Å². The molecule has 0 aliphatic carbocycles. The van der Waals surface area contributed by atoms with Crippen LogP contribution in [0.3, 0.4) is 0 Å². The molecule has 0 spiro atoms. The van der Waals surface area contributed by atoms with E-state index in [9.17, 15) is 9.90 Å². The lowest BCUT2D eigenvalue weighted by Gasteiger charge is -2.37. The molecule has 0 radical (unpaired) electrons. The van der Waals surface area contributed by atoms with Crippen molar-refractivity contribution in [3.63, 3.8) is 0 Å². The van der Waals surface area contributed by atoms with Gasteiger partial charge in [-0.3, -0.25) is 4.79 Å². The Morgan fingerprint density at radius 2 is 2.08 bits per heavy atom. The van der Waals surface area contributed by atoms with Crippen LogP contribution in [0.15, 0.2) is 47.8 Å². The number of thiophene rings is 1. The van der Waals surface area contributed by atoms with Crippen LogP contribution in [-0.2, 0) is 9.53 Å². The fraction of sp³-hybridized carbons (Fsp3) is 0.421. The van der Waals surface area contributed by atoms with Crippen LogP contribution in [0.5, 0.6) is 0 Å². The van der Waals surface area contributed by atoms with Gasteiger partial charge in [0.2, 0.25) is 5.91 Å². The second-order valence-electron chi connectivity index (χ2n) is 6.30. The van der Waals surface area contributed by atoms with E-state index in [1.807, 2.05) is 52.7 Å². The Kier molecular flexibility index (Phi) is 8.06. The lowest BCUT2D eigenvalue weighted by molar-refractivity contribution is -0.141. The van der Waals surface area contributed by atoms with Gasteiger partial charge in [0.1, 0.15) is 0 Å². The van der Waals surface area contributed by atoms with Crippen molar-refractivity contribution in [2.45, 2.75) is 31.0 Å². The molecule has 7 heteroatoms. The first-order valence-electron chi connectivity index (χ1n) is 8.54. The molecule has 1 aromatic carbocycles. The Balaban J connectivity index is 0.00000243. The average molecular weight is 397 g/mol. The zero-order valence-corrected chi connectivity index (χ0v) is 16.1. The first-order valence-corrected chi connectivity index (χ1v) is 9.42. The molecule has 0 bridgehead atoms. The number of morpholine rings is 1. The zero-order chi connectivity index (χ0) is 17.6. The first kappa shape index (κ1) is 20.9. The summed E-state index contributed by atoms with van der Waals surface area (Å²) in [5.74, 6) is 0.0167. The van der Waals surface area contributed by atoms with Crippen LogP contribution in [-0.4, -0.2) is 41.7 Å². The molecule has 0 saturated carbocycles. The van der Waals surface area contributed by atoms with E-state index in [4.69, 9.17) is 10.5 Å². The molecule has 1 amide bonds. The SMILES string of the molecule is Cl.NC(CC(=O)N1CCOCC1CC(O)c1cccs1)c1ccccc1. The standard InChI is InChI=1S/C19H24N2O3S.ClH/c20-16(14-5-2-1-3-6-14)12-19(23)21-8-9-24-13-15(21)11-17(22)18-7-4-10-25-18;/h1-7,10,15-17,22H,8-9,11-13,20H2;1H. The maximum absolute atomic E-state index is 12.8. The minimum Gasteiger partial charge on any atom is -0.387 e. The maximum atomic E-state index is 12.8.